The van der Waals surface area contributed by atoms with Crippen molar-refractivity contribution in [3.63, 3.8) is 0 Å². The van der Waals surface area contributed by atoms with Crippen LogP contribution in [-0.2, 0) is 28.4 Å². The molecule has 4 aromatic rings. The number of pyridine rings is 1. The molecule has 2 aliphatic heterocycles. The second kappa shape index (κ2) is 14.1. The molecular weight excluding hydrogens is 742 g/mol. The van der Waals surface area contributed by atoms with Crippen LogP contribution >= 0.6 is 11.6 Å². The van der Waals surface area contributed by atoms with E-state index in [2.05, 4.69) is 5.32 Å². The van der Waals surface area contributed by atoms with E-state index in [0.717, 1.165) is 12.3 Å². The topological polar surface area (TPSA) is 101 Å². The van der Waals surface area contributed by atoms with Crippen molar-refractivity contribution in [3.05, 3.63) is 115 Å². The van der Waals surface area contributed by atoms with Crippen LogP contribution in [-0.4, -0.2) is 52.3 Å². The number of rotatable bonds is 6. The van der Waals surface area contributed by atoms with Crippen LogP contribution in [0.5, 0.6) is 11.5 Å². The van der Waals surface area contributed by atoms with Crippen molar-refractivity contribution in [1.29, 1.82) is 0 Å². The highest BCUT2D eigenvalue weighted by molar-refractivity contribution is 6.30. The lowest BCUT2D eigenvalue weighted by molar-refractivity contribution is -0.140. The van der Waals surface area contributed by atoms with E-state index in [4.69, 9.17) is 16.3 Å². The number of aliphatic carboxylic acids is 1. The molecule has 1 fully saturated rings. The second-order valence-electron chi connectivity index (χ2n) is 12.8. The lowest BCUT2D eigenvalue weighted by Gasteiger charge is -2.34. The molecule has 3 aromatic carbocycles. The number of likely N-dealkylation sites (tertiary alicyclic amines) is 1. The summed E-state index contributed by atoms with van der Waals surface area (Å²) in [5.41, 5.74) is -5.73. The first-order valence-corrected chi connectivity index (χ1v) is 16.4. The summed E-state index contributed by atoms with van der Waals surface area (Å²) in [5.74, 6) is -4.99. The third-order valence-corrected chi connectivity index (χ3v) is 9.26. The van der Waals surface area contributed by atoms with Crippen LogP contribution in [0.15, 0.2) is 65.6 Å². The van der Waals surface area contributed by atoms with Crippen LogP contribution in [0, 0.1) is 12.7 Å². The van der Waals surface area contributed by atoms with Gasteiger partial charge in [-0.1, -0.05) is 23.7 Å². The number of aromatic nitrogens is 1. The van der Waals surface area contributed by atoms with E-state index in [1.54, 1.807) is 17.9 Å². The van der Waals surface area contributed by atoms with Gasteiger partial charge in [0.1, 0.15) is 29.5 Å². The molecule has 3 heterocycles. The summed E-state index contributed by atoms with van der Waals surface area (Å²) in [6.07, 6.45) is -12.2. The Hall–Kier alpha value is -4.96. The molecule has 0 aliphatic carbocycles. The number of carboxylic acid groups (broad SMARTS) is 1. The molecule has 0 spiro atoms. The molecular formula is C36H28ClF8N3O5. The van der Waals surface area contributed by atoms with E-state index in [-0.39, 0.29) is 65.3 Å². The van der Waals surface area contributed by atoms with Gasteiger partial charge in [-0.25, -0.2) is 8.78 Å². The highest BCUT2D eigenvalue weighted by Crippen LogP contribution is 2.44. The first kappa shape index (κ1) is 37.8. The Balaban J connectivity index is 1.61. The Morgan fingerprint density at radius 1 is 1.00 bits per heavy atom. The third kappa shape index (κ3) is 7.88. The highest BCUT2D eigenvalue weighted by atomic mass is 35.5. The smallest absolute Gasteiger partial charge is 0.419 e. The Labute approximate surface area is 300 Å². The van der Waals surface area contributed by atoms with E-state index in [9.17, 15) is 50.2 Å². The molecule has 1 aromatic heterocycles. The summed E-state index contributed by atoms with van der Waals surface area (Å²) < 4.78 is 122. The molecule has 6 rings (SSSR count). The molecule has 53 heavy (non-hydrogen) atoms. The molecule has 2 atom stereocenters. The Morgan fingerprint density at radius 2 is 1.70 bits per heavy atom. The van der Waals surface area contributed by atoms with Gasteiger partial charge in [0.25, 0.3) is 5.56 Å². The van der Waals surface area contributed by atoms with Gasteiger partial charge in [-0.05, 0) is 72.0 Å². The van der Waals surface area contributed by atoms with Gasteiger partial charge < -0.3 is 15.2 Å². The van der Waals surface area contributed by atoms with Crippen LogP contribution < -0.4 is 15.6 Å². The predicted molar refractivity (Wildman–Crippen MR) is 175 cm³/mol. The summed E-state index contributed by atoms with van der Waals surface area (Å²) in [7, 11) is 0. The predicted octanol–water partition coefficient (Wildman–Crippen LogP) is 7.88. The molecule has 2 N–H and O–H groups in total. The lowest BCUT2D eigenvalue weighted by Crippen LogP contribution is -2.49. The van der Waals surface area contributed by atoms with E-state index in [1.807, 2.05) is 0 Å². The summed E-state index contributed by atoms with van der Waals surface area (Å²) >= 11 is 6.43. The van der Waals surface area contributed by atoms with Gasteiger partial charge in [0.15, 0.2) is 0 Å². The lowest BCUT2D eigenvalue weighted by atomic mass is 9.91. The number of aryl methyl sites for hydroxylation is 1. The highest BCUT2D eigenvalue weighted by Gasteiger charge is 2.40. The van der Waals surface area contributed by atoms with E-state index >= 15 is 4.39 Å². The number of nitrogens with zero attached hydrogens (tertiary/aromatic N) is 2. The molecule has 4 bridgehead atoms. The summed E-state index contributed by atoms with van der Waals surface area (Å²) in [6.45, 7) is 1.47. The zero-order valence-electron chi connectivity index (χ0n) is 27.4. The molecule has 0 radical (unpaired) electrons. The van der Waals surface area contributed by atoms with Crippen molar-refractivity contribution in [1.82, 2.24) is 14.8 Å². The van der Waals surface area contributed by atoms with Gasteiger partial charge in [-0.15, -0.1) is 0 Å². The summed E-state index contributed by atoms with van der Waals surface area (Å²) in [6, 6.07) is 5.94. The molecule has 8 nitrogen and oxygen atoms in total. The minimum absolute atomic E-state index is 0.0151. The van der Waals surface area contributed by atoms with Crippen molar-refractivity contribution in [3.8, 4) is 22.6 Å². The number of carbonyl (C=O) groups is 2. The number of amides is 1. The molecule has 17 heteroatoms. The number of nitrogens with one attached hydrogen (secondary N) is 1. The van der Waals surface area contributed by atoms with Gasteiger partial charge in [-0.3, -0.25) is 23.9 Å². The molecule has 280 valence electrons. The van der Waals surface area contributed by atoms with Gasteiger partial charge in [-0.2, -0.15) is 26.3 Å². The van der Waals surface area contributed by atoms with Crippen LogP contribution in [0.25, 0.3) is 11.1 Å². The number of ether oxygens (including phenoxy) is 1. The normalized spacial score (nSPS) is 18.1. The van der Waals surface area contributed by atoms with Crippen molar-refractivity contribution >= 4 is 23.5 Å². The molecule has 1 saturated heterocycles. The first-order valence-electron chi connectivity index (χ1n) is 16.0. The SMILES string of the molecule is Cc1cccc2c1-c1cc(c(F)c(C(F)(F)F)c1)[C@H](CC(=O)O)NC(=O)[C@H](n1cc(CCN3CC(F)C3)c(C(F)(F)F)cc1=O)c1cc(Cl)cc(c1)O2. The van der Waals surface area contributed by atoms with Gasteiger partial charge >= 0.3 is 18.3 Å². The number of fused-ring (bicyclic) bond motifs is 6. The Morgan fingerprint density at radius 3 is 2.34 bits per heavy atom. The minimum atomic E-state index is -5.29. The first-order chi connectivity index (χ1) is 24.8. The maximum atomic E-state index is 15.9. The Kier molecular flexibility index (Phi) is 10.1. The maximum absolute atomic E-state index is 15.9. The second-order valence-corrected chi connectivity index (χ2v) is 13.3. The molecule has 0 unspecified atom stereocenters. The van der Waals surface area contributed by atoms with Crippen LogP contribution in [0.4, 0.5) is 35.1 Å². The summed E-state index contributed by atoms with van der Waals surface area (Å²) in [4.78, 5) is 41.5. The van der Waals surface area contributed by atoms with Gasteiger partial charge in [0.2, 0.25) is 5.91 Å². The van der Waals surface area contributed by atoms with E-state index < -0.39 is 82.5 Å². The largest absolute Gasteiger partial charge is 0.481 e. The number of benzene rings is 3. The zero-order chi connectivity index (χ0) is 38.6. The zero-order valence-corrected chi connectivity index (χ0v) is 28.2. The average molecular weight is 770 g/mol. The third-order valence-electron chi connectivity index (χ3n) is 9.04. The van der Waals surface area contributed by atoms with E-state index in [0.29, 0.717) is 16.2 Å². The fourth-order valence-electron chi connectivity index (χ4n) is 6.60. The monoisotopic (exact) mass is 769 g/mol. The van der Waals surface area contributed by atoms with Crippen LogP contribution in [0.3, 0.4) is 0 Å². The van der Waals surface area contributed by atoms with Crippen LogP contribution in [0.1, 0.15) is 51.9 Å². The minimum Gasteiger partial charge on any atom is -0.481 e. The van der Waals surface area contributed by atoms with Crippen molar-refractivity contribution in [2.45, 2.75) is 50.4 Å². The number of halogens is 9. The molecule has 0 saturated carbocycles. The van der Waals surface area contributed by atoms with Crippen molar-refractivity contribution in [2.75, 3.05) is 19.6 Å². The number of alkyl halides is 7. The fraction of sp³-hybridized carbons (Fsp3) is 0.306. The average Bonchev–Trinajstić information content (AvgIpc) is 3.02. The van der Waals surface area contributed by atoms with Crippen LogP contribution in [0.2, 0.25) is 5.02 Å². The number of carboxylic acids is 1. The standard InChI is InChI=1S/C36H28ClF8N3O5/c1-17-3-2-4-28-31(17)19-9-24(32(39)26(10-19)36(43,44)45)27(13-30(50)51)46-34(52)33(20-7-21(37)11-23(8-20)53-28)48-14-18(5-6-47-15-22(38)16-47)25(12-29(48)49)35(40,41)42/h2-4,7-12,14,22,27,33H,5-6,13,15-16H2,1H3,(H,46,52)(H,50,51)/t27-,33+/m0/s1. The van der Waals surface area contributed by atoms with Crippen molar-refractivity contribution < 1.29 is 54.6 Å². The van der Waals surface area contributed by atoms with Crippen molar-refractivity contribution in [2.24, 2.45) is 0 Å². The van der Waals surface area contributed by atoms with Gasteiger partial charge in [0.05, 0.1) is 23.6 Å². The fourth-order valence-corrected chi connectivity index (χ4v) is 6.84. The number of hydrogen-bond donors (Lipinski definition) is 2. The number of carbonyl (C=O) groups excluding carboxylic acids is 1. The summed E-state index contributed by atoms with van der Waals surface area (Å²) in [5, 5.41) is 11.9. The quantitative estimate of drug-likeness (QED) is 0.194. The molecule has 2 aliphatic rings. The van der Waals surface area contributed by atoms with E-state index in [1.165, 1.54) is 30.3 Å². The Bertz CT molecular complexity index is 2160. The molecule has 1 amide bonds. The van der Waals surface area contributed by atoms with Gasteiger partial charge in [0, 0.05) is 48.0 Å². The maximum Gasteiger partial charge on any atom is 0.419 e. The number of hydrogen-bond acceptors (Lipinski definition) is 5.